The predicted octanol–water partition coefficient (Wildman–Crippen LogP) is 2.49. The Morgan fingerprint density at radius 3 is 2.67 bits per heavy atom. The van der Waals surface area contributed by atoms with Gasteiger partial charge in [0.25, 0.3) is 5.56 Å². The normalized spacial score (nSPS) is 10.6. The minimum Gasteiger partial charge on any atom is -0.497 e. The summed E-state index contributed by atoms with van der Waals surface area (Å²) < 4.78 is 11.4. The Labute approximate surface area is 138 Å². The fourth-order valence-electron chi connectivity index (χ4n) is 2.55. The second kappa shape index (κ2) is 6.16. The molecule has 6 heteroatoms. The van der Waals surface area contributed by atoms with Crippen LogP contribution < -0.4 is 10.3 Å². The van der Waals surface area contributed by atoms with E-state index in [9.17, 15) is 9.59 Å². The number of rotatable bonds is 3. The predicted molar refractivity (Wildman–Crippen MR) is 90.0 cm³/mol. The molecule has 0 amide bonds. The molecule has 24 heavy (non-hydrogen) atoms. The zero-order valence-electron chi connectivity index (χ0n) is 13.6. The zero-order valence-corrected chi connectivity index (χ0v) is 13.6. The summed E-state index contributed by atoms with van der Waals surface area (Å²) in [5.74, 6) is 0.134. The Kier molecular flexibility index (Phi) is 4.04. The number of hydrogen-bond acceptors (Lipinski definition) is 5. The maximum atomic E-state index is 12.8. The van der Waals surface area contributed by atoms with Gasteiger partial charge in [-0.2, -0.15) is 0 Å². The first-order valence-electron chi connectivity index (χ1n) is 7.31. The second-order valence-corrected chi connectivity index (χ2v) is 5.24. The van der Waals surface area contributed by atoms with Crippen LogP contribution in [0.4, 0.5) is 0 Å². The molecule has 3 rings (SSSR count). The van der Waals surface area contributed by atoms with Gasteiger partial charge >= 0.3 is 5.97 Å². The van der Waals surface area contributed by atoms with Gasteiger partial charge < -0.3 is 9.47 Å². The molecule has 2 aromatic heterocycles. The standard InChI is InChI=1S/C18H16N2O4/c1-11-14(18(22)24-3)10-15-16(19-11)7-8-20(17(15)21)12-5-4-6-13(9-12)23-2/h4-10H,1-3H3. The number of hydrogen-bond donors (Lipinski definition) is 0. The molecule has 1 aromatic carbocycles. The van der Waals surface area contributed by atoms with Crippen molar-refractivity contribution in [1.29, 1.82) is 0 Å². The van der Waals surface area contributed by atoms with E-state index in [2.05, 4.69) is 4.98 Å². The van der Waals surface area contributed by atoms with Crippen molar-refractivity contribution in [3.05, 3.63) is 64.2 Å². The van der Waals surface area contributed by atoms with Crippen molar-refractivity contribution < 1.29 is 14.3 Å². The van der Waals surface area contributed by atoms with Crippen LogP contribution in [0.1, 0.15) is 16.1 Å². The van der Waals surface area contributed by atoms with E-state index in [0.717, 1.165) is 0 Å². The van der Waals surface area contributed by atoms with Crippen LogP contribution >= 0.6 is 0 Å². The molecule has 2 heterocycles. The van der Waals surface area contributed by atoms with E-state index in [0.29, 0.717) is 28.0 Å². The quantitative estimate of drug-likeness (QED) is 0.692. The molecule has 0 atom stereocenters. The number of methoxy groups -OCH3 is 2. The van der Waals surface area contributed by atoms with E-state index < -0.39 is 5.97 Å². The highest BCUT2D eigenvalue weighted by molar-refractivity contribution is 5.94. The molecular weight excluding hydrogens is 308 g/mol. The molecular formula is C18H16N2O4. The van der Waals surface area contributed by atoms with Crippen LogP contribution in [0.5, 0.6) is 5.75 Å². The van der Waals surface area contributed by atoms with Crippen molar-refractivity contribution in [1.82, 2.24) is 9.55 Å². The number of nitrogens with zero attached hydrogens (tertiary/aromatic N) is 2. The highest BCUT2D eigenvalue weighted by Crippen LogP contribution is 2.18. The number of aromatic nitrogens is 2. The van der Waals surface area contributed by atoms with Gasteiger partial charge in [0.15, 0.2) is 0 Å². The first-order chi connectivity index (χ1) is 11.5. The van der Waals surface area contributed by atoms with Gasteiger partial charge in [0.1, 0.15) is 5.75 Å². The molecule has 0 aliphatic heterocycles. The van der Waals surface area contributed by atoms with Gasteiger partial charge in [0.2, 0.25) is 0 Å². The summed E-state index contributed by atoms with van der Waals surface area (Å²) in [4.78, 5) is 29.0. The monoisotopic (exact) mass is 324 g/mol. The van der Waals surface area contributed by atoms with Gasteiger partial charge in [-0.3, -0.25) is 14.3 Å². The molecule has 6 nitrogen and oxygen atoms in total. The molecule has 0 fully saturated rings. The van der Waals surface area contributed by atoms with Crippen LogP contribution in [0.2, 0.25) is 0 Å². The number of carbonyl (C=O) groups is 1. The number of ether oxygens (including phenoxy) is 2. The number of aryl methyl sites for hydroxylation is 1. The van der Waals surface area contributed by atoms with Crippen LogP contribution in [0.3, 0.4) is 0 Å². The number of fused-ring (bicyclic) bond motifs is 1. The van der Waals surface area contributed by atoms with E-state index in [1.165, 1.54) is 17.7 Å². The third-order valence-electron chi connectivity index (χ3n) is 3.81. The first kappa shape index (κ1) is 15.7. The highest BCUT2D eigenvalue weighted by atomic mass is 16.5. The molecule has 0 saturated carbocycles. The van der Waals surface area contributed by atoms with Crippen molar-refractivity contribution in [2.75, 3.05) is 14.2 Å². The Morgan fingerprint density at radius 1 is 1.17 bits per heavy atom. The number of carbonyl (C=O) groups excluding carboxylic acids is 1. The average Bonchev–Trinajstić information content (AvgIpc) is 2.61. The van der Waals surface area contributed by atoms with E-state index in [-0.39, 0.29) is 11.1 Å². The van der Waals surface area contributed by atoms with Gasteiger partial charge in [-0.15, -0.1) is 0 Å². The van der Waals surface area contributed by atoms with E-state index in [1.807, 2.05) is 0 Å². The molecule has 122 valence electrons. The molecule has 0 saturated heterocycles. The van der Waals surface area contributed by atoms with Crippen LogP contribution in [0, 0.1) is 6.92 Å². The number of esters is 1. The van der Waals surface area contributed by atoms with Gasteiger partial charge in [0.05, 0.1) is 42.1 Å². The second-order valence-electron chi connectivity index (χ2n) is 5.24. The lowest BCUT2D eigenvalue weighted by atomic mass is 10.1. The molecule has 0 unspecified atom stereocenters. The zero-order chi connectivity index (χ0) is 17.3. The number of benzene rings is 1. The van der Waals surface area contributed by atoms with Crippen molar-refractivity contribution >= 4 is 16.9 Å². The first-order valence-corrected chi connectivity index (χ1v) is 7.31. The summed E-state index contributed by atoms with van der Waals surface area (Å²) in [7, 11) is 2.86. The van der Waals surface area contributed by atoms with Crippen LogP contribution in [-0.4, -0.2) is 29.7 Å². The Balaban J connectivity index is 2.25. The van der Waals surface area contributed by atoms with Crippen molar-refractivity contribution in [3.8, 4) is 11.4 Å². The average molecular weight is 324 g/mol. The Morgan fingerprint density at radius 2 is 1.96 bits per heavy atom. The van der Waals surface area contributed by atoms with E-state index >= 15 is 0 Å². The maximum Gasteiger partial charge on any atom is 0.339 e. The lowest BCUT2D eigenvalue weighted by Crippen LogP contribution is -2.19. The summed E-state index contributed by atoms with van der Waals surface area (Å²) in [6, 6.07) is 10.4. The van der Waals surface area contributed by atoms with Gasteiger partial charge in [0, 0.05) is 12.3 Å². The minimum absolute atomic E-state index is 0.265. The molecule has 0 bridgehead atoms. The van der Waals surface area contributed by atoms with E-state index in [1.54, 1.807) is 50.6 Å². The Hall–Kier alpha value is -3.15. The van der Waals surface area contributed by atoms with Crippen LogP contribution in [-0.2, 0) is 4.74 Å². The lowest BCUT2D eigenvalue weighted by Gasteiger charge is -2.10. The maximum absolute atomic E-state index is 12.8. The topological polar surface area (TPSA) is 70.4 Å². The van der Waals surface area contributed by atoms with Crippen molar-refractivity contribution in [2.24, 2.45) is 0 Å². The molecule has 3 aromatic rings. The summed E-state index contributed by atoms with van der Waals surface area (Å²) in [5.41, 5.74) is 1.74. The van der Waals surface area contributed by atoms with Gasteiger partial charge in [-0.1, -0.05) is 6.07 Å². The summed E-state index contributed by atoms with van der Waals surface area (Å²) in [6.07, 6.45) is 1.66. The smallest absolute Gasteiger partial charge is 0.339 e. The number of pyridine rings is 2. The van der Waals surface area contributed by atoms with Crippen LogP contribution in [0.15, 0.2) is 47.4 Å². The summed E-state index contributed by atoms with van der Waals surface area (Å²) in [5, 5.41) is 0.353. The molecule has 0 aliphatic carbocycles. The third kappa shape index (κ3) is 2.62. The SMILES string of the molecule is COC(=O)c1cc2c(=O)n(-c3cccc(OC)c3)ccc2nc1C. The summed E-state index contributed by atoms with van der Waals surface area (Å²) >= 11 is 0. The van der Waals surface area contributed by atoms with Gasteiger partial charge in [-0.05, 0) is 31.2 Å². The fourth-order valence-corrected chi connectivity index (χ4v) is 2.55. The Bertz CT molecular complexity index is 992. The molecule has 0 N–H and O–H groups in total. The summed E-state index contributed by atoms with van der Waals surface area (Å²) in [6.45, 7) is 1.71. The van der Waals surface area contributed by atoms with Crippen LogP contribution in [0.25, 0.3) is 16.6 Å². The van der Waals surface area contributed by atoms with Crippen molar-refractivity contribution in [2.45, 2.75) is 6.92 Å². The third-order valence-corrected chi connectivity index (χ3v) is 3.81. The lowest BCUT2D eigenvalue weighted by molar-refractivity contribution is 0.0599. The molecule has 0 spiro atoms. The van der Waals surface area contributed by atoms with Gasteiger partial charge in [-0.25, -0.2) is 4.79 Å². The largest absolute Gasteiger partial charge is 0.497 e. The fraction of sp³-hybridized carbons (Fsp3) is 0.167. The van der Waals surface area contributed by atoms with E-state index in [4.69, 9.17) is 9.47 Å². The molecule has 0 radical (unpaired) electrons. The van der Waals surface area contributed by atoms with Crippen molar-refractivity contribution in [3.63, 3.8) is 0 Å². The highest BCUT2D eigenvalue weighted by Gasteiger charge is 2.14. The molecule has 0 aliphatic rings. The minimum atomic E-state index is -0.516.